The first kappa shape index (κ1) is 13.7. The lowest BCUT2D eigenvalue weighted by molar-refractivity contribution is -0.137. The van der Waals surface area contributed by atoms with Gasteiger partial charge in [-0.2, -0.15) is 0 Å². The standard InChI is InChI=1S/C15H20O4/c1-9-12(6-11(18-2)7-14(9)19-3)13(8-15(16)17)10-4-5-10/h6-7,10,13H,4-5,8H2,1-3H3,(H,16,17). The van der Waals surface area contributed by atoms with Gasteiger partial charge in [0.15, 0.2) is 0 Å². The van der Waals surface area contributed by atoms with Gasteiger partial charge in [-0.25, -0.2) is 0 Å². The minimum absolute atomic E-state index is 0.0569. The van der Waals surface area contributed by atoms with Crippen LogP contribution in [0.4, 0.5) is 0 Å². The molecule has 4 nitrogen and oxygen atoms in total. The van der Waals surface area contributed by atoms with Crippen molar-refractivity contribution in [2.24, 2.45) is 5.92 Å². The van der Waals surface area contributed by atoms with E-state index in [1.807, 2.05) is 19.1 Å². The third kappa shape index (κ3) is 3.00. The molecule has 1 aromatic carbocycles. The molecule has 0 spiro atoms. The van der Waals surface area contributed by atoms with E-state index in [1.165, 1.54) is 0 Å². The molecule has 0 aliphatic heterocycles. The molecule has 1 aromatic rings. The zero-order valence-electron chi connectivity index (χ0n) is 11.6. The van der Waals surface area contributed by atoms with Crippen LogP contribution in [0, 0.1) is 12.8 Å². The number of benzene rings is 1. The molecule has 1 atom stereocenters. The molecule has 1 fully saturated rings. The summed E-state index contributed by atoms with van der Waals surface area (Å²) >= 11 is 0. The fraction of sp³-hybridized carbons (Fsp3) is 0.533. The third-order valence-corrected chi connectivity index (χ3v) is 3.81. The first-order chi connectivity index (χ1) is 9.06. The van der Waals surface area contributed by atoms with Crippen LogP contribution in [0.15, 0.2) is 12.1 Å². The zero-order valence-corrected chi connectivity index (χ0v) is 11.6. The number of carboxylic acid groups (broad SMARTS) is 1. The van der Waals surface area contributed by atoms with E-state index >= 15 is 0 Å². The van der Waals surface area contributed by atoms with Gasteiger partial charge >= 0.3 is 5.97 Å². The van der Waals surface area contributed by atoms with Crippen molar-refractivity contribution in [1.82, 2.24) is 0 Å². The largest absolute Gasteiger partial charge is 0.497 e. The van der Waals surface area contributed by atoms with Gasteiger partial charge in [-0.1, -0.05) is 0 Å². The molecular weight excluding hydrogens is 244 g/mol. The van der Waals surface area contributed by atoms with Crippen LogP contribution in [0.5, 0.6) is 11.5 Å². The van der Waals surface area contributed by atoms with Crippen LogP contribution in [-0.2, 0) is 4.79 Å². The van der Waals surface area contributed by atoms with Crippen LogP contribution in [0.3, 0.4) is 0 Å². The van der Waals surface area contributed by atoms with E-state index in [4.69, 9.17) is 14.6 Å². The Labute approximate surface area is 113 Å². The van der Waals surface area contributed by atoms with E-state index < -0.39 is 5.97 Å². The maximum absolute atomic E-state index is 11.1. The van der Waals surface area contributed by atoms with Crippen LogP contribution in [0.25, 0.3) is 0 Å². The van der Waals surface area contributed by atoms with E-state index in [1.54, 1.807) is 14.2 Å². The molecule has 0 saturated heterocycles. The molecule has 1 aliphatic rings. The zero-order chi connectivity index (χ0) is 14.0. The van der Waals surface area contributed by atoms with Crippen molar-refractivity contribution in [3.05, 3.63) is 23.3 Å². The molecule has 4 heteroatoms. The highest BCUT2D eigenvalue weighted by atomic mass is 16.5. The smallest absolute Gasteiger partial charge is 0.303 e. The van der Waals surface area contributed by atoms with Crippen molar-refractivity contribution in [1.29, 1.82) is 0 Å². The second-order valence-corrected chi connectivity index (χ2v) is 5.09. The minimum Gasteiger partial charge on any atom is -0.497 e. The molecule has 1 aliphatic carbocycles. The second kappa shape index (κ2) is 5.51. The van der Waals surface area contributed by atoms with E-state index in [2.05, 4.69) is 0 Å². The molecule has 1 unspecified atom stereocenters. The van der Waals surface area contributed by atoms with Crippen molar-refractivity contribution in [2.75, 3.05) is 14.2 Å². The highest BCUT2D eigenvalue weighted by Gasteiger charge is 2.35. The number of carboxylic acids is 1. The Bertz CT molecular complexity index is 477. The van der Waals surface area contributed by atoms with Gasteiger partial charge in [0.25, 0.3) is 0 Å². The Hall–Kier alpha value is -1.71. The Morgan fingerprint density at radius 3 is 2.53 bits per heavy atom. The maximum atomic E-state index is 11.1. The van der Waals surface area contributed by atoms with Gasteiger partial charge in [0.2, 0.25) is 0 Å². The van der Waals surface area contributed by atoms with E-state index in [0.717, 1.165) is 29.7 Å². The monoisotopic (exact) mass is 264 g/mol. The maximum Gasteiger partial charge on any atom is 0.303 e. The Morgan fingerprint density at radius 1 is 1.37 bits per heavy atom. The van der Waals surface area contributed by atoms with E-state index in [0.29, 0.717) is 11.7 Å². The number of ether oxygens (including phenoxy) is 2. The third-order valence-electron chi connectivity index (χ3n) is 3.81. The second-order valence-electron chi connectivity index (χ2n) is 5.09. The van der Waals surface area contributed by atoms with Crippen molar-refractivity contribution in [3.8, 4) is 11.5 Å². The van der Waals surface area contributed by atoms with Gasteiger partial charge in [-0.05, 0) is 48.8 Å². The minimum atomic E-state index is -0.752. The molecule has 0 aromatic heterocycles. The number of carbonyl (C=O) groups is 1. The number of hydrogen-bond donors (Lipinski definition) is 1. The molecule has 2 rings (SSSR count). The normalized spacial score (nSPS) is 15.9. The van der Waals surface area contributed by atoms with Gasteiger partial charge < -0.3 is 14.6 Å². The highest BCUT2D eigenvalue weighted by molar-refractivity contribution is 5.68. The molecular formula is C15H20O4. The number of hydrogen-bond acceptors (Lipinski definition) is 3. The summed E-state index contributed by atoms with van der Waals surface area (Å²) in [6.07, 6.45) is 2.38. The fourth-order valence-electron chi connectivity index (χ4n) is 2.62. The van der Waals surface area contributed by atoms with Crippen LogP contribution in [-0.4, -0.2) is 25.3 Å². The predicted molar refractivity (Wildman–Crippen MR) is 72.0 cm³/mol. The molecule has 1 saturated carbocycles. The van der Waals surface area contributed by atoms with Gasteiger partial charge in [-0.15, -0.1) is 0 Å². The Morgan fingerprint density at radius 2 is 2.05 bits per heavy atom. The topological polar surface area (TPSA) is 55.8 Å². The molecule has 0 amide bonds. The summed E-state index contributed by atoms with van der Waals surface area (Å²) in [7, 11) is 3.23. The van der Waals surface area contributed by atoms with Crippen molar-refractivity contribution in [2.45, 2.75) is 32.1 Å². The van der Waals surface area contributed by atoms with Crippen LogP contribution in [0.1, 0.15) is 36.3 Å². The molecule has 0 radical (unpaired) electrons. The van der Waals surface area contributed by atoms with Crippen molar-refractivity contribution < 1.29 is 19.4 Å². The number of aliphatic carboxylic acids is 1. The fourth-order valence-corrected chi connectivity index (χ4v) is 2.62. The summed E-state index contributed by atoms with van der Waals surface area (Å²) in [5.41, 5.74) is 2.06. The molecule has 0 bridgehead atoms. The van der Waals surface area contributed by atoms with E-state index in [-0.39, 0.29) is 12.3 Å². The Kier molecular flexibility index (Phi) is 3.98. The average molecular weight is 264 g/mol. The number of methoxy groups -OCH3 is 2. The molecule has 19 heavy (non-hydrogen) atoms. The Balaban J connectivity index is 2.42. The lowest BCUT2D eigenvalue weighted by atomic mass is 9.87. The van der Waals surface area contributed by atoms with Crippen LogP contribution in [0.2, 0.25) is 0 Å². The van der Waals surface area contributed by atoms with Gasteiger partial charge in [0, 0.05) is 6.07 Å². The van der Waals surface area contributed by atoms with Crippen molar-refractivity contribution in [3.63, 3.8) is 0 Å². The highest BCUT2D eigenvalue weighted by Crippen LogP contribution is 2.47. The SMILES string of the molecule is COc1cc(OC)c(C)c(C(CC(=O)O)C2CC2)c1. The van der Waals surface area contributed by atoms with Crippen molar-refractivity contribution >= 4 is 5.97 Å². The van der Waals surface area contributed by atoms with Gasteiger partial charge in [0.1, 0.15) is 11.5 Å². The van der Waals surface area contributed by atoms with Gasteiger partial charge in [-0.3, -0.25) is 4.79 Å². The summed E-state index contributed by atoms with van der Waals surface area (Å²) in [5.74, 6) is 1.25. The first-order valence-electron chi connectivity index (χ1n) is 6.51. The summed E-state index contributed by atoms with van der Waals surface area (Å²) in [5, 5.41) is 9.10. The predicted octanol–water partition coefficient (Wildman–Crippen LogP) is 2.98. The summed E-state index contributed by atoms with van der Waals surface area (Å²) in [4.78, 5) is 11.1. The molecule has 0 heterocycles. The molecule has 1 N–H and O–H groups in total. The lowest BCUT2D eigenvalue weighted by Gasteiger charge is -2.20. The molecule has 104 valence electrons. The number of rotatable bonds is 6. The first-order valence-corrected chi connectivity index (χ1v) is 6.51. The van der Waals surface area contributed by atoms with Crippen LogP contribution < -0.4 is 9.47 Å². The summed E-state index contributed by atoms with van der Waals surface area (Å²) in [6.45, 7) is 1.98. The van der Waals surface area contributed by atoms with E-state index in [9.17, 15) is 4.79 Å². The summed E-state index contributed by atoms with van der Waals surface area (Å²) in [6, 6.07) is 3.79. The lowest BCUT2D eigenvalue weighted by Crippen LogP contribution is -2.10. The average Bonchev–Trinajstić information content (AvgIpc) is 3.20. The van der Waals surface area contributed by atoms with Crippen LogP contribution >= 0.6 is 0 Å². The van der Waals surface area contributed by atoms with Gasteiger partial charge in [0.05, 0.1) is 20.6 Å². The summed E-state index contributed by atoms with van der Waals surface area (Å²) < 4.78 is 10.6. The quantitative estimate of drug-likeness (QED) is 0.858.